The maximum atomic E-state index is 13.8. The summed E-state index contributed by atoms with van der Waals surface area (Å²) < 4.78 is 18.8. The van der Waals surface area contributed by atoms with Crippen molar-refractivity contribution < 1.29 is 19.1 Å². The second-order valence-electron chi connectivity index (χ2n) is 10.7. The van der Waals surface area contributed by atoms with Gasteiger partial charge in [0.2, 0.25) is 0 Å². The molecule has 0 atom stereocenters. The maximum absolute atomic E-state index is 13.8. The summed E-state index contributed by atoms with van der Waals surface area (Å²) in [7, 11) is 1.65. The van der Waals surface area contributed by atoms with Crippen molar-refractivity contribution in [3.8, 4) is 28.6 Å². The number of fused-ring (bicyclic) bond motifs is 1. The molecule has 45 heavy (non-hydrogen) atoms. The van der Waals surface area contributed by atoms with Gasteiger partial charge in [-0.3, -0.25) is 14.9 Å². The number of aryl methyl sites for hydroxylation is 1. The van der Waals surface area contributed by atoms with Gasteiger partial charge in [-0.1, -0.05) is 26.0 Å². The topological polar surface area (TPSA) is 118 Å². The molecule has 0 spiro atoms. The van der Waals surface area contributed by atoms with Crippen molar-refractivity contribution in [3.05, 3.63) is 122 Å². The first-order chi connectivity index (χ1) is 21.7. The molecule has 1 heterocycles. The van der Waals surface area contributed by atoms with Crippen LogP contribution in [-0.4, -0.2) is 34.5 Å². The average Bonchev–Trinajstić information content (AvgIpc) is 3.04. The number of nitrogens with zero attached hydrogens (tertiary/aromatic N) is 4. The van der Waals surface area contributed by atoms with E-state index in [0.29, 0.717) is 40.4 Å². The Bertz CT molecular complexity index is 1950. The van der Waals surface area contributed by atoms with Crippen LogP contribution >= 0.6 is 0 Å². The van der Waals surface area contributed by atoms with E-state index in [-0.39, 0.29) is 23.8 Å². The lowest BCUT2D eigenvalue weighted by Crippen LogP contribution is -2.20. The largest absolute Gasteiger partial charge is 0.496 e. The molecule has 0 aliphatic heterocycles. The molecule has 0 aliphatic carbocycles. The number of aromatic nitrogens is 2. The smallest absolute Gasteiger partial charge is 0.282 e. The van der Waals surface area contributed by atoms with Crippen molar-refractivity contribution in [3.63, 3.8) is 0 Å². The van der Waals surface area contributed by atoms with Crippen LogP contribution in [0, 0.1) is 17.0 Å². The lowest BCUT2D eigenvalue weighted by Gasteiger charge is -2.17. The van der Waals surface area contributed by atoms with Crippen molar-refractivity contribution in [2.75, 3.05) is 13.7 Å². The van der Waals surface area contributed by atoms with Gasteiger partial charge in [-0.05, 0) is 96.6 Å². The third-order valence-corrected chi connectivity index (χ3v) is 7.32. The number of methoxy groups -OCH3 is 1. The zero-order valence-electron chi connectivity index (χ0n) is 25.8. The molecule has 0 saturated heterocycles. The van der Waals surface area contributed by atoms with Gasteiger partial charge in [-0.25, -0.2) is 4.98 Å². The van der Waals surface area contributed by atoms with Gasteiger partial charge in [0.25, 0.3) is 11.2 Å². The highest BCUT2D eigenvalue weighted by atomic mass is 16.6. The number of hydrogen-bond acceptors (Lipinski definition) is 8. The minimum absolute atomic E-state index is 0.0174. The zero-order chi connectivity index (χ0) is 32.1. The Morgan fingerprint density at radius 3 is 2.42 bits per heavy atom. The minimum atomic E-state index is -0.440. The molecule has 0 amide bonds. The molecular weight excluding hydrogens is 572 g/mol. The van der Waals surface area contributed by atoms with E-state index in [1.54, 1.807) is 49.7 Å². The fourth-order valence-electron chi connectivity index (χ4n) is 4.96. The van der Waals surface area contributed by atoms with Crippen LogP contribution in [0.3, 0.4) is 0 Å². The molecule has 4 aromatic carbocycles. The number of para-hydroxylation sites is 1. The van der Waals surface area contributed by atoms with E-state index in [4.69, 9.17) is 19.2 Å². The zero-order valence-corrected chi connectivity index (χ0v) is 25.8. The molecule has 5 rings (SSSR count). The number of nitro groups is 1. The SMILES string of the molecule is CCOc1cc(C=Nn2c(-c3cc(C(C)C)c(OC)cc3C)nc3ccccc3c2=O)ccc1OCc1ccc([N+](=O)[O-])cc1. The summed E-state index contributed by atoms with van der Waals surface area (Å²) in [5, 5.41) is 16.0. The molecule has 10 nitrogen and oxygen atoms in total. The van der Waals surface area contributed by atoms with E-state index in [9.17, 15) is 14.9 Å². The standard InChI is InChI=1S/C35H34N4O6/c1-6-44-33-18-25(13-16-31(33)45-21-24-11-14-26(15-12-24)39(41)42)20-36-38-34(37-30-10-8-7-9-27(30)35(38)40)29-19-28(22(2)3)32(43-5)17-23(29)4/h7-20,22H,6,21H2,1-5H3. The lowest BCUT2D eigenvalue weighted by atomic mass is 9.96. The molecule has 0 aliphatic rings. The molecular formula is C35H34N4O6. The average molecular weight is 607 g/mol. The molecule has 0 radical (unpaired) electrons. The fraction of sp³-hybridized carbons (Fsp3) is 0.229. The van der Waals surface area contributed by atoms with Crippen LogP contribution < -0.4 is 19.8 Å². The summed E-state index contributed by atoms with van der Waals surface area (Å²) in [6, 6.07) is 22.8. The normalized spacial score (nSPS) is 11.3. The number of hydrogen-bond donors (Lipinski definition) is 0. The summed E-state index contributed by atoms with van der Waals surface area (Å²) in [4.78, 5) is 29.2. The molecule has 0 fully saturated rings. The highest BCUT2D eigenvalue weighted by Crippen LogP contribution is 2.34. The quantitative estimate of drug-likeness (QED) is 0.0881. The van der Waals surface area contributed by atoms with Crippen molar-refractivity contribution in [2.24, 2.45) is 5.10 Å². The van der Waals surface area contributed by atoms with Gasteiger partial charge in [0.05, 0.1) is 35.8 Å². The van der Waals surface area contributed by atoms with Crippen molar-refractivity contribution >= 4 is 22.8 Å². The van der Waals surface area contributed by atoms with Gasteiger partial charge in [0.1, 0.15) is 12.4 Å². The predicted molar refractivity (Wildman–Crippen MR) is 175 cm³/mol. The number of non-ortho nitro benzene ring substituents is 1. The Hall–Kier alpha value is -5.51. The summed E-state index contributed by atoms with van der Waals surface area (Å²) in [5.74, 6) is 2.39. The highest BCUT2D eigenvalue weighted by molar-refractivity contribution is 5.83. The second kappa shape index (κ2) is 13.4. The van der Waals surface area contributed by atoms with Crippen molar-refractivity contribution in [1.29, 1.82) is 0 Å². The van der Waals surface area contributed by atoms with Gasteiger partial charge in [-0.2, -0.15) is 9.78 Å². The molecule has 0 saturated carbocycles. The molecule has 5 aromatic rings. The van der Waals surface area contributed by atoms with Gasteiger partial charge >= 0.3 is 0 Å². The van der Waals surface area contributed by atoms with Crippen LogP contribution in [-0.2, 0) is 6.61 Å². The van der Waals surface area contributed by atoms with E-state index in [0.717, 1.165) is 28.0 Å². The van der Waals surface area contributed by atoms with Gasteiger partial charge < -0.3 is 14.2 Å². The molecule has 10 heteroatoms. The van der Waals surface area contributed by atoms with Crippen molar-refractivity contribution in [2.45, 2.75) is 40.2 Å². The van der Waals surface area contributed by atoms with E-state index >= 15 is 0 Å². The molecule has 1 aromatic heterocycles. The first-order valence-electron chi connectivity index (χ1n) is 14.6. The first kappa shape index (κ1) is 30.9. The summed E-state index contributed by atoms with van der Waals surface area (Å²) >= 11 is 0. The molecule has 0 bridgehead atoms. The van der Waals surface area contributed by atoms with Gasteiger partial charge in [-0.15, -0.1) is 0 Å². The Morgan fingerprint density at radius 1 is 0.978 bits per heavy atom. The van der Waals surface area contributed by atoms with E-state index in [2.05, 4.69) is 18.9 Å². The maximum Gasteiger partial charge on any atom is 0.282 e. The Kier molecular flexibility index (Phi) is 9.22. The summed E-state index contributed by atoms with van der Waals surface area (Å²) in [5.41, 5.74) is 4.45. The van der Waals surface area contributed by atoms with Crippen LogP contribution in [0.4, 0.5) is 5.69 Å². The van der Waals surface area contributed by atoms with Crippen molar-refractivity contribution in [1.82, 2.24) is 9.66 Å². The lowest BCUT2D eigenvalue weighted by molar-refractivity contribution is -0.384. The van der Waals surface area contributed by atoms with Crippen LogP contribution in [0.5, 0.6) is 17.2 Å². The Balaban J connectivity index is 1.53. The third-order valence-electron chi connectivity index (χ3n) is 7.32. The Morgan fingerprint density at radius 2 is 1.73 bits per heavy atom. The van der Waals surface area contributed by atoms with Gasteiger partial charge in [0.15, 0.2) is 17.3 Å². The van der Waals surface area contributed by atoms with Crippen LogP contribution in [0.1, 0.15) is 48.9 Å². The number of rotatable bonds is 11. The summed E-state index contributed by atoms with van der Waals surface area (Å²) in [6.07, 6.45) is 1.59. The predicted octanol–water partition coefficient (Wildman–Crippen LogP) is 7.27. The highest BCUT2D eigenvalue weighted by Gasteiger charge is 2.18. The second-order valence-corrected chi connectivity index (χ2v) is 10.7. The fourth-order valence-corrected chi connectivity index (χ4v) is 4.96. The third kappa shape index (κ3) is 6.70. The monoisotopic (exact) mass is 606 g/mol. The Labute approximate surface area is 260 Å². The van der Waals surface area contributed by atoms with Crippen LogP contribution in [0.2, 0.25) is 0 Å². The van der Waals surface area contributed by atoms with Crippen LogP contribution in [0.15, 0.2) is 88.8 Å². The van der Waals surface area contributed by atoms with Crippen LogP contribution in [0.25, 0.3) is 22.3 Å². The number of benzene rings is 4. The van der Waals surface area contributed by atoms with Gasteiger partial charge in [0, 0.05) is 17.7 Å². The molecule has 230 valence electrons. The molecule has 0 N–H and O–H groups in total. The number of ether oxygens (including phenoxy) is 3. The van der Waals surface area contributed by atoms with E-state index in [1.807, 2.05) is 44.2 Å². The van der Waals surface area contributed by atoms with E-state index in [1.165, 1.54) is 16.8 Å². The minimum Gasteiger partial charge on any atom is -0.496 e. The number of nitro benzene ring substituents is 1. The summed E-state index contributed by atoms with van der Waals surface area (Å²) in [6.45, 7) is 8.61. The van der Waals surface area contributed by atoms with E-state index < -0.39 is 4.92 Å². The molecule has 0 unspecified atom stereocenters. The first-order valence-corrected chi connectivity index (χ1v) is 14.6.